The molecule has 0 spiro atoms. The third kappa shape index (κ3) is 2.81. The predicted octanol–water partition coefficient (Wildman–Crippen LogP) is -1.42. The monoisotopic (exact) mass is 254 g/mol. The molecule has 2 amide bonds. The van der Waals surface area contributed by atoms with Crippen LogP contribution in [0.2, 0.25) is 0 Å². The van der Waals surface area contributed by atoms with Crippen LogP contribution in [-0.4, -0.2) is 85.9 Å². The van der Waals surface area contributed by atoms with E-state index in [9.17, 15) is 9.59 Å². The van der Waals surface area contributed by atoms with Crippen molar-refractivity contribution in [3.05, 3.63) is 0 Å². The molecule has 0 saturated carbocycles. The molecule has 102 valence electrons. The second kappa shape index (κ2) is 5.67. The maximum absolute atomic E-state index is 12.1. The van der Waals surface area contributed by atoms with Gasteiger partial charge in [0, 0.05) is 39.8 Å². The molecule has 1 atom stereocenters. The van der Waals surface area contributed by atoms with Crippen LogP contribution < -0.4 is 5.32 Å². The lowest BCUT2D eigenvalue weighted by Crippen LogP contribution is -2.51. The van der Waals surface area contributed by atoms with Crippen molar-refractivity contribution >= 4 is 11.8 Å². The molecule has 6 nitrogen and oxygen atoms in total. The van der Waals surface area contributed by atoms with Gasteiger partial charge >= 0.3 is 0 Å². The van der Waals surface area contributed by atoms with E-state index in [-0.39, 0.29) is 17.9 Å². The van der Waals surface area contributed by atoms with Gasteiger partial charge in [-0.25, -0.2) is 0 Å². The molecule has 2 rings (SSSR count). The van der Waals surface area contributed by atoms with E-state index in [1.165, 1.54) is 0 Å². The topological polar surface area (TPSA) is 55.9 Å². The van der Waals surface area contributed by atoms with E-state index in [0.29, 0.717) is 6.54 Å². The van der Waals surface area contributed by atoms with E-state index in [4.69, 9.17) is 0 Å². The molecule has 2 fully saturated rings. The molecule has 0 aromatic carbocycles. The van der Waals surface area contributed by atoms with Crippen LogP contribution in [0, 0.1) is 0 Å². The highest BCUT2D eigenvalue weighted by atomic mass is 16.2. The van der Waals surface area contributed by atoms with Crippen LogP contribution >= 0.6 is 0 Å². The normalized spacial score (nSPS) is 25.1. The van der Waals surface area contributed by atoms with E-state index >= 15 is 0 Å². The Morgan fingerprint density at radius 2 is 2.06 bits per heavy atom. The summed E-state index contributed by atoms with van der Waals surface area (Å²) in [5, 5.41) is 3.22. The number of likely N-dealkylation sites (N-methyl/N-ethyl adjacent to an activating group) is 2. The molecule has 0 aromatic rings. The van der Waals surface area contributed by atoms with Gasteiger partial charge in [-0.15, -0.1) is 0 Å². The molecule has 2 aliphatic heterocycles. The van der Waals surface area contributed by atoms with Crippen molar-refractivity contribution in [2.24, 2.45) is 0 Å². The Morgan fingerprint density at radius 3 is 2.61 bits per heavy atom. The molecule has 2 heterocycles. The standard InChI is InChI=1S/C12H22N4O2/c1-14-6-3-10(12(14)18)15(2)9-11(17)16-7-4-13-5-8-16/h10,13H,3-9H2,1-2H3. The first-order valence-electron chi connectivity index (χ1n) is 6.53. The number of hydrogen-bond donors (Lipinski definition) is 1. The van der Waals surface area contributed by atoms with Gasteiger partial charge in [-0.3, -0.25) is 14.5 Å². The second-order valence-corrected chi connectivity index (χ2v) is 5.11. The van der Waals surface area contributed by atoms with Crippen LogP contribution in [0.15, 0.2) is 0 Å². The first-order valence-corrected chi connectivity index (χ1v) is 6.53. The van der Waals surface area contributed by atoms with Crippen molar-refractivity contribution in [1.82, 2.24) is 20.0 Å². The summed E-state index contributed by atoms with van der Waals surface area (Å²) in [4.78, 5) is 29.4. The third-order valence-corrected chi connectivity index (χ3v) is 3.79. The van der Waals surface area contributed by atoms with Crippen LogP contribution in [0.4, 0.5) is 0 Å². The van der Waals surface area contributed by atoms with E-state index in [1.807, 2.05) is 23.9 Å². The Hall–Kier alpha value is -1.14. The Balaban J connectivity index is 1.85. The first kappa shape index (κ1) is 13.3. The lowest BCUT2D eigenvalue weighted by Gasteiger charge is -2.30. The van der Waals surface area contributed by atoms with Gasteiger partial charge in [-0.05, 0) is 13.5 Å². The second-order valence-electron chi connectivity index (χ2n) is 5.11. The Labute approximate surface area is 108 Å². The Bertz CT molecular complexity index is 328. The van der Waals surface area contributed by atoms with Crippen molar-refractivity contribution in [2.45, 2.75) is 12.5 Å². The average molecular weight is 254 g/mol. The van der Waals surface area contributed by atoms with Gasteiger partial charge in [0.25, 0.3) is 0 Å². The number of rotatable bonds is 3. The minimum absolute atomic E-state index is 0.123. The van der Waals surface area contributed by atoms with Gasteiger partial charge in [0.2, 0.25) is 11.8 Å². The van der Waals surface area contributed by atoms with Gasteiger partial charge in [-0.2, -0.15) is 0 Å². The number of nitrogens with one attached hydrogen (secondary N) is 1. The van der Waals surface area contributed by atoms with Crippen LogP contribution in [0.3, 0.4) is 0 Å². The fraction of sp³-hybridized carbons (Fsp3) is 0.833. The van der Waals surface area contributed by atoms with E-state index in [2.05, 4.69) is 5.32 Å². The van der Waals surface area contributed by atoms with Crippen molar-refractivity contribution in [1.29, 1.82) is 0 Å². The summed E-state index contributed by atoms with van der Waals surface area (Å²) in [6, 6.07) is -0.123. The number of carbonyl (C=O) groups excluding carboxylic acids is 2. The van der Waals surface area contributed by atoms with Crippen LogP contribution in [0.5, 0.6) is 0 Å². The van der Waals surface area contributed by atoms with Crippen LogP contribution in [0.25, 0.3) is 0 Å². The Kier molecular flexibility index (Phi) is 4.19. The van der Waals surface area contributed by atoms with Crippen molar-refractivity contribution in [3.63, 3.8) is 0 Å². The zero-order valence-electron chi connectivity index (χ0n) is 11.2. The molecule has 0 aromatic heterocycles. The van der Waals surface area contributed by atoms with Gasteiger partial charge in [0.1, 0.15) is 0 Å². The molecule has 2 aliphatic rings. The maximum atomic E-state index is 12.1. The van der Waals surface area contributed by atoms with Crippen LogP contribution in [-0.2, 0) is 9.59 Å². The highest BCUT2D eigenvalue weighted by Crippen LogP contribution is 2.14. The molecular weight excluding hydrogens is 232 g/mol. The number of amides is 2. The quantitative estimate of drug-likeness (QED) is 0.672. The average Bonchev–Trinajstić information content (AvgIpc) is 2.71. The minimum atomic E-state index is -0.123. The van der Waals surface area contributed by atoms with Crippen molar-refractivity contribution < 1.29 is 9.59 Å². The van der Waals surface area contributed by atoms with Gasteiger partial charge < -0.3 is 15.1 Å². The SMILES string of the molecule is CN1CCC(N(C)CC(=O)N2CCNCC2)C1=O. The molecular formula is C12H22N4O2. The zero-order chi connectivity index (χ0) is 13.1. The summed E-state index contributed by atoms with van der Waals surface area (Å²) in [5.41, 5.74) is 0. The molecule has 18 heavy (non-hydrogen) atoms. The molecule has 2 saturated heterocycles. The largest absolute Gasteiger partial charge is 0.344 e. The van der Waals surface area contributed by atoms with E-state index in [1.54, 1.807) is 4.90 Å². The molecule has 0 radical (unpaired) electrons. The minimum Gasteiger partial charge on any atom is -0.344 e. The summed E-state index contributed by atoms with van der Waals surface area (Å²) in [7, 11) is 3.68. The number of carbonyl (C=O) groups is 2. The summed E-state index contributed by atoms with van der Waals surface area (Å²) < 4.78 is 0. The molecule has 1 unspecified atom stereocenters. The van der Waals surface area contributed by atoms with E-state index in [0.717, 1.165) is 39.1 Å². The number of piperazine rings is 1. The lowest BCUT2D eigenvalue weighted by molar-refractivity contribution is -0.135. The number of likely N-dealkylation sites (tertiary alicyclic amines) is 1. The van der Waals surface area contributed by atoms with Gasteiger partial charge in [0.05, 0.1) is 12.6 Å². The van der Waals surface area contributed by atoms with Crippen molar-refractivity contribution in [2.75, 3.05) is 53.4 Å². The van der Waals surface area contributed by atoms with E-state index < -0.39 is 0 Å². The predicted molar refractivity (Wildman–Crippen MR) is 68.1 cm³/mol. The smallest absolute Gasteiger partial charge is 0.239 e. The third-order valence-electron chi connectivity index (χ3n) is 3.79. The summed E-state index contributed by atoms with van der Waals surface area (Å²) in [6.07, 6.45) is 0.820. The zero-order valence-corrected chi connectivity index (χ0v) is 11.2. The van der Waals surface area contributed by atoms with Crippen LogP contribution in [0.1, 0.15) is 6.42 Å². The number of hydrogen-bond acceptors (Lipinski definition) is 4. The lowest BCUT2D eigenvalue weighted by atomic mass is 10.2. The molecule has 0 aliphatic carbocycles. The fourth-order valence-electron chi connectivity index (χ4n) is 2.55. The highest BCUT2D eigenvalue weighted by molar-refractivity contribution is 5.85. The maximum Gasteiger partial charge on any atom is 0.239 e. The Morgan fingerprint density at radius 1 is 1.39 bits per heavy atom. The first-order chi connectivity index (χ1) is 8.59. The summed E-state index contributed by atoms with van der Waals surface area (Å²) in [6.45, 7) is 4.39. The summed E-state index contributed by atoms with van der Waals surface area (Å²) in [5.74, 6) is 0.256. The van der Waals surface area contributed by atoms with Crippen molar-refractivity contribution in [3.8, 4) is 0 Å². The molecule has 6 heteroatoms. The molecule has 1 N–H and O–H groups in total. The summed E-state index contributed by atoms with van der Waals surface area (Å²) >= 11 is 0. The fourth-order valence-corrected chi connectivity index (χ4v) is 2.55. The number of nitrogens with zero attached hydrogens (tertiary/aromatic N) is 3. The van der Waals surface area contributed by atoms with Gasteiger partial charge in [0.15, 0.2) is 0 Å². The molecule has 0 bridgehead atoms. The highest BCUT2D eigenvalue weighted by Gasteiger charge is 2.33. The van der Waals surface area contributed by atoms with Gasteiger partial charge in [-0.1, -0.05) is 0 Å².